The lowest BCUT2D eigenvalue weighted by atomic mass is 10.2. The van der Waals surface area contributed by atoms with Gasteiger partial charge in [0.25, 0.3) is 10.0 Å². The van der Waals surface area contributed by atoms with E-state index < -0.39 is 16.1 Å². The van der Waals surface area contributed by atoms with Gasteiger partial charge in [0.15, 0.2) is 0 Å². The number of nitrogens with zero attached hydrogens (tertiary/aromatic N) is 3. The molecule has 0 spiro atoms. The normalized spacial score (nSPS) is 12.6. The SMILES string of the molecule is COc1ccccc1N(C[C@@H](O)Cn1c(C)nc2ccccc21)S(=O)(=O)c1ccc(C)cc1. The minimum Gasteiger partial charge on any atom is -0.495 e. The van der Waals surface area contributed by atoms with Crippen LogP contribution in [0, 0.1) is 13.8 Å². The predicted molar refractivity (Wildman–Crippen MR) is 129 cm³/mol. The summed E-state index contributed by atoms with van der Waals surface area (Å²) in [6.45, 7) is 3.81. The van der Waals surface area contributed by atoms with Crippen LogP contribution < -0.4 is 9.04 Å². The Hall–Kier alpha value is -3.36. The summed E-state index contributed by atoms with van der Waals surface area (Å²) >= 11 is 0. The van der Waals surface area contributed by atoms with Crippen LogP contribution in [-0.2, 0) is 16.6 Å². The van der Waals surface area contributed by atoms with Crippen molar-refractivity contribution in [2.45, 2.75) is 31.4 Å². The minimum atomic E-state index is -3.96. The molecule has 0 saturated carbocycles. The number of anilines is 1. The van der Waals surface area contributed by atoms with Crippen LogP contribution in [0.1, 0.15) is 11.4 Å². The number of sulfonamides is 1. The number of hydrogen-bond acceptors (Lipinski definition) is 5. The van der Waals surface area contributed by atoms with E-state index >= 15 is 0 Å². The van der Waals surface area contributed by atoms with Crippen molar-refractivity contribution in [3.63, 3.8) is 0 Å². The van der Waals surface area contributed by atoms with E-state index in [-0.39, 0.29) is 18.0 Å². The molecule has 0 bridgehead atoms. The van der Waals surface area contributed by atoms with Gasteiger partial charge in [0.2, 0.25) is 0 Å². The summed E-state index contributed by atoms with van der Waals surface area (Å²) in [5, 5.41) is 11.1. The first kappa shape index (κ1) is 22.8. The Morgan fingerprint density at radius 3 is 2.39 bits per heavy atom. The van der Waals surface area contributed by atoms with E-state index in [1.54, 1.807) is 48.5 Å². The van der Waals surface area contributed by atoms with Gasteiger partial charge >= 0.3 is 0 Å². The highest BCUT2D eigenvalue weighted by Crippen LogP contribution is 2.32. The van der Waals surface area contributed by atoms with Crippen molar-refractivity contribution in [1.29, 1.82) is 0 Å². The summed E-state index contributed by atoms with van der Waals surface area (Å²) in [5.41, 5.74) is 3.04. The molecule has 1 heterocycles. The third kappa shape index (κ3) is 4.58. The molecule has 8 heteroatoms. The van der Waals surface area contributed by atoms with Crippen molar-refractivity contribution in [2.75, 3.05) is 18.0 Å². The lowest BCUT2D eigenvalue weighted by molar-refractivity contribution is 0.163. The number of aromatic nitrogens is 2. The zero-order valence-electron chi connectivity index (χ0n) is 18.8. The van der Waals surface area contributed by atoms with E-state index in [0.29, 0.717) is 11.4 Å². The number of methoxy groups -OCH3 is 1. The van der Waals surface area contributed by atoms with Crippen molar-refractivity contribution in [3.8, 4) is 5.75 Å². The van der Waals surface area contributed by atoms with E-state index in [0.717, 1.165) is 22.4 Å². The molecule has 0 fully saturated rings. The van der Waals surface area contributed by atoms with E-state index in [9.17, 15) is 13.5 Å². The van der Waals surface area contributed by atoms with Crippen molar-refractivity contribution >= 4 is 26.7 Å². The number of imidazole rings is 1. The van der Waals surface area contributed by atoms with Gasteiger partial charge in [-0.25, -0.2) is 13.4 Å². The highest BCUT2D eigenvalue weighted by Gasteiger charge is 2.29. The fourth-order valence-electron chi connectivity index (χ4n) is 3.89. The number of aliphatic hydroxyl groups is 1. The van der Waals surface area contributed by atoms with Gasteiger partial charge in [-0.15, -0.1) is 0 Å². The zero-order valence-corrected chi connectivity index (χ0v) is 19.7. The number of hydrogen-bond donors (Lipinski definition) is 1. The monoisotopic (exact) mass is 465 g/mol. The molecule has 0 unspecified atom stereocenters. The topological polar surface area (TPSA) is 84.7 Å². The Labute approximate surface area is 193 Å². The van der Waals surface area contributed by atoms with Crippen LogP contribution >= 0.6 is 0 Å². The molecule has 0 aliphatic rings. The van der Waals surface area contributed by atoms with Crippen LogP contribution in [0.3, 0.4) is 0 Å². The van der Waals surface area contributed by atoms with Crippen molar-refractivity contribution < 1.29 is 18.3 Å². The number of aliphatic hydroxyl groups excluding tert-OH is 1. The maximum Gasteiger partial charge on any atom is 0.264 e. The van der Waals surface area contributed by atoms with Crippen molar-refractivity contribution in [3.05, 3.63) is 84.2 Å². The summed E-state index contributed by atoms with van der Waals surface area (Å²) < 4.78 is 35.9. The average molecular weight is 466 g/mol. The van der Waals surface area contributed by atoms with Crippen molar-refractivity contribution in [2.24, 2.45) is 0 Å². The summed E-state index contributed by atoms with van der Waals surface area (Å²) in [6, 6.07) is 21.2. The number of benzene rings is 3. The van der Waals surface area contributed by atoms with Crippen LogP contribution in [-0.4, -0.2) is 42.8 Å². The molecule has 0 amide bonds. The molecule has 7 nitrogen and oxygen atoms in total. The first-order chi connectivity index (χ1) is 15.8. The van der Waals surface area contributed by atoms with Gasteiger partial charge in [0.05, 0.1) is 47.9 Å². The Morgan fingerprint density at radius 1 is 1.00 bits per heavy atom. The van der Waals surface area contributed by atoms with E-state index in [1.165, 1.54) is 11.4 Å². The smallest absolute Gasteiger partial charge is 0.264 e. The van der Waals surface area contributed by atoms with E-state index in [4.69, 9.17) is 4.74 Å². The third-order valence-corrected chi connectivity index (χ3v) is 7.37. The molecule has 3 aromatic carbocycles. The van der Waals surface area contributed by atoms with E-state index in [2.05, 4.69) is 4.98 Å². The molecule has 1 atom stereocenters. The molecular formula is C25H27N3O4S. The lowest BCUT2D eigenvalue weighted by Gasteiger charge is -2.28. The number of ether oxygens (including phenoxy) is 1. The fraction of sp³-hybridized carbons (Fsp3) is 0.240. The van der Waals surface area contributed by atoms with Gasteiger partial charge in [0, 0.05) is 0 Å². The second-order valence-electron chi connectivity index (χ2n) is 7.93. The molecule has 1 N–H and O–H groups in total. The summed E-state index contributed by atoms with van der Waals surface area (Å²) in [6.07, 6.45) is -0.994. The summed E-state index contributed by atoms with van der Waals surface area (Å²) in [7, 11) is -2.47. The predicted octanol–water partition coefficient (Wildman–Crippen LogP) is 3.92. The highest BCUT2D eigenvalue weighted by atomic mass is 32.2. The van der Waals surface area contributed by atoms with Crippen LogP contribution in [0.2, 0.25) is 0 Å². The molecule has 0 saturated heterocycles. The van der Waals surface area contributed by atoms with Crippen LogP contribution in [0.5, 0.6) is 5.75 Å². The first-order valence-corrected chi connectivity index (χ1v) is 12.1. The molecule has 0 aliphatic heterocycles. The molecule has 0 aliphatic carbocycles. The Kier molecular flexibility index (Phi) is 6.40. The second kappa shape index (κ2) is 9.25. The molecule has 1 aromatic heterocycles. The van der Waals surface area contributed by atoms with Gasteiger partial charge in [-0.2, -0.15) is 0 Å². The molecule has 33 heavy (non-hydrogen) atoms. The van der Waals surface area contributed by atoms with Gasteiger partial charge in [-0.05, 0) is 50.2 Å². The Balaban J connectivity index is 1.72. The number of rotatable bonds is 8. The van der Waals surface area contributed by atoms with E-state index in [1.807, 2.05) is 42.7 Å². The average Bonchev–Trinajstić information content (AvgIpc) is 3.12. The van der Waals surface area contributed by atoms with Crippen LogP contribution in [0.15, 0.2) is 77.7 Å². The minimum absolute atomic E-state index is 0.149. The maximum atomic E-state index is 13.7. The molecular weight excluding hydrogens is 438 g/mol. The van der Waals surface area contributed by atoms with Gasteiger partial charge in [0.1, 0.15) is 11.6 Å². The standard InChI is InChI=1S/C25H27N3O4S/c1-18-12-14-21(15-13-18)33(30,31)28(24-10-6-7-11-25(24)32-3)17-20(29)16-27-19(2)26-22-8-4-5-9-23(22)27/h4-15,20,29H,16-17H2,1-3H3/t20-/m0/s1. The molecule has 172 valence electrons. The van der Waals surface area contributed by atoms with Crippen LogP contribution in [0.4, 0.5) is 5.69 Å². The number of fused-ring (bicyclic) bond motifs is 1. The second-order valence-corrected chi connectivity index (χ2v) is 9.80. The molecule has 4 aromatic rings. The summed E-state index contributed by atoms with van der Waals surface area (Å²) in [4.78, 5) is 4.68. The quantitative estimate of drug-likeness (QED) is 0.426. The van der Waals surface area contributed by atoms with Gasteiger partial charge in [-0.1, -0.05) is 42.0 Å². The molecule has 0 radical (unpaired) electrons. The van der Waals surface area contributed by atoms with Crippen LogP contribution in [0.25, 0.3) is 11.0 Å². The highest BCUT2D eigenvalue weighted by molar-refractivity contribution is 7.92. The maximum absolute atomic E-state index is 13.7. The molecule has 4 rings (SSSR count). The Bertz CT molecular complexity index is 1360. The van der Waals surface area contributed by atoms with Crippen molar-refractivity contribution in [1.82, 2.24) is 9.55 Å². The lowest BCUT2D eigenvalue weighted by Crippen LogP contribution is -2.39. The zero-order chi connectivity index (χ0) is 23.6. The Morgan fingerprint density at radius 2 is 1.67 bits per heavy atom. The fourth-order valence-corrected chi connectivity index (χ4v) is 5.40. The number of aryl methyl sites for hydroxylation is 2. The summed E-state index contributed by atoms with van der Waals surface area (Å²) in [5.74, 6) is 1.16. The first-order valence-electron chi connectivity index (χ1n) is 10.6. The number of para-hydroxylation sites is 4. The van der Waals surface area contributed by atoms with Gasteiger partial charge in [-0.3, -0.25) is 4.31 Å². The van der Waals surface area contributed by atoms with Gasteiger partial charge < -0.3 is 14.4 Å². The third-order valence-electron chi connectivity index (χ3n) is 5.58. The largest absolute Gasteiger partial charge is 0.495 e.